The normalized spacial score (nSPS) is 12.6. The van der Waals surface area contributed by atoms with Gasteiger partial charge in [0, 0.05) is 31.4 Å². The lowest BCUT2D eigenvalue weighted by Crippen LogP contribution is -2.31. The van der Waals surface area contributed by atoms with Crippen molar-refractivity contribution in [1.82, 2.24) is 14.3 Å². The van der Waals surface area contributed by atoms with Gasteiger partial charge in [-0.25, -0.2) is 18.4 Å². The maximum atomic E-state index is 12.1. The molecule has 33 heavy (non-hydrogen) atoms. The van der Waals surface area contributed by atoms with Gasteiger partial charge in [-0.1, -0.05) is 30.3 Å². The first-order valence-corrected chi connectivity index (χ1v) is 12.4. The molecule has 9 nitrogen and oxygen atoms in total. The Morgan fingerprint density at radius 1 is 1.15 bits per heavy atom. The van der Waals surface area contributed by atoms with Crippen molar-refractivity contribution in [2.24, 2.45) is 5.73 Å². The monoisotopic (exact) mass is 471 g/mol. The molecule has 0 saturated carbocycles. The molecule has 1 heterocycles. The van der Waals surface area contributed by atoms with E-state index in [1.54, 1.807) is 24.4 Å². The van der Waals surface area contributed by atoms with E-state index >= 15 is 0 Å². The molecule has 1 atom stereocenters. The first kappa shape index (κ1) is 24.6. The number of sulfonamides is 1. The Bertz CT molecular complexity index is 1170. The Morgan fingerprint density at radius 2 is 1.94 bits per heavy atom. The van der Waals surface area contributed by atoms with Gasteiger partial charge in [0.1, 0.15) is 5.75 Å². The van der Waals surface area contributed by atoms with Gasteiger partial charge in [0.25, 0.3) is 0 Å². The maximum Gasteiger partial charge on any atom is 0.223 e. The zero-order valence-corrected chi connectivity index (χ0v) is 19.2. The van der Waals surface area contributed by atoms with Crippen molar-refractivity contribution in [2.75, 3.05) is 31.2 Å². The number of aliphatic hydroxyl groups is 1. The van der Waals surface area contributed by atoms with E-state index in [0.29, 0.717) is 36.7 Å². The van der Waals surface area contributed by atoms with Gasteiger partial charge in [-0.05, 0) is 48.4 Å². The number of anilines is 1. The number of benzene rings is 2. The molecule has 3 aromatic rings. The van der Waals surface area contributed by atoms with Gasteiger partial charge in [0.15, 0.2) is 0 Å². The Morgan fingerprint density at radius 3 is 2.67 bits per heavy atom. The molecule has 0 bridgehead atoms. The van der Waals surface area contributed by atoms with Crippen LogP contribution in [-0.4, -0.2) is 58.8 Å². The molecule has 0 aliphatic rings. The molecule has 176 valence electrons. The number of aromatic hydroxyl groups is 1. The summed E-state index contributed by atoms with van der Waals surface area (Å²) in [5.41, 5.74) is 8.44. The smallest absolute Gasteiger partial charge is 0.223 e. The standard InChI is InChI=1S/C23H29N5O4S/c1-33(31,32)28(12-4-10-24)16-17-5-2-6-18(13-17)21-9-11-25-23(27-21)26-15-22(30)19-7-3-8-20(29)14-19/h2-3,5-9,11,13-14,22,29-30H,4,10,12,15-16,24H2,1H3,(H,25,26,27)/t22-/m0/s1. The van der Waals surface area contributed by atoms with Crippen LogP contribution >= 0.6 is 0 Å². The van der Waals surface area contributed by atoms with E-state index in [4.69, 9.17) is 5.73 Å². The highest BCUT2D eigenvalue weighted by atomic mass is 32.2. The van der Waals surface area contributed by atoms with Crippen LogP contribution in [0.4, 0.5) is 5.95 Å². The van der Waals surface area contributed by atoms with Crippen LogP contribution in [-0.2, 0) is 16.6 Å². The number of aromatic nitrogens is 2. The highest BCUT2D eigenvalue weighted by Gasteiger charge is 2.17. The van der Waals surface area contributed by atoms with E-state index in [1.165, 1.54) is 22.7 Å². The number of nitrogens with two attached hydrogens (primary N) is 1. The van der Waals surface area contributed by atoms with Crippen molar-refractivity contribution < 1.29 is 18.6 Å². The predicted octanol–water partition coefficient (Wildman–Crippen LogP) is 2.11. The van der Waals surface area contributed by atoms with Crippen LogP contribution < -0.4 is 11.1 Å². The number of hydrogen-bond donors (Lipinski definition) is 4. The second-order valence-corrected chi connectivity index (χ2v) is 9.68. The number of nitrogens with one attached hydrogen (secondary N) is 1. The van der Waals surface area contributed by atoms with Crippen LogP contribution in [0.2, 0.25) is 0 Å². The lowest BCUT2D eigenvalue weighted by Gasteiger charge is -2.20. The topological polar surface area (TPSA) is 142 Å². The lowest BCUT2D eigenvalue weighted by atomic mass is 10.1. The van der Waals surface area contributed by atoms with Gasteiger partial charge in [-0.3, -0.25) is 0 Å². The Kier molecular flexibility index (Phi) is 8.34. The van der Waals surface area contributed by atoms with Crippen molar-refractivity contribution in [3.8, 4) is 17.0 Å². The molecule has 0 aliphatic carbocycles. The van der Waals surface area contributed by atoms with Crippen LogP contribution in [0, 0.1) is 0 Å². The quantitative estimate of drug-likeness (QED) is 0.333. The number of phenolic OH excluding ortho intramolecular Hbond substituents is 1. The third-order valence-electron chi connectivity index (χ3n) is 5.03. The summed E-state index contributed by atoms with van der Waals surface area (Å²) in [6, 6.07) is 15.7. The highest BCUT2D eigenvalue weighted by molar-refractivity contribution is 7.88. The van der Waals surface area contributed by atoms with Crippen molar-refractivity contribution >= 4 is 16.0 Å². The Hall–Kier alpha value is -3.05. The summed E-state index contributed by atoms with van der Waals surface area (Å²) in [6.45, 7) is 1.20. The molecule has 2 aromatic carbocycles. The second-order valence-electron chi connectivity index (χ2n) is 7.70. The predicted molar refractivity (Wildman–Crippen MR) is 128 cm³/mol. The van der Waals surface area contributed by atoms with Crippen LogP contribution in [0.5, 0.6) is 5.75 Å². The molecule has 5 N–H and O–H groups in total. The summed E-state index contributed by atoms with van der Waals surface area (Å²) < 4.78 is 25.6. The van der Waals surface area contributed by atoms with Gasteiger partial charge in [0.2, 0.25) is 16.0 Å². The number of hydrogen-bond acceptors (Lipinski definition) is 8. The molecule has 0 unspecified atom stereocenters. The van der Waals surface area contributed by atoms with Gasteiger partial charge in [0.05, 0.1) is 18.1 Å². The summed E-state index contributed by atoms with van der Waals surface area (Å²) in [6.07, 6.45) is 2.55. The van der Waals surface area contributed by atoms with E-state index < -0.39 is 16.1 Å². The summed E-state index contributed by atoms with van der Waals surface area (Å²) in [4.78, 5) is 8.72. The Balaban J connectivity index is 1.72. The Labute approximate surface area is 194 Å². The summed E-state index contributed by atoms with van der Waals surface area (Å²) in [5, 5.41) is 22.9. The maximum absolute atomic E-state index is 12.1. The second kappa shape index (κ2) is 11.2. The van der Waals surface area contributed by atoms with Gasteiger partial charge < -0.3 is 21.3 Å². The third kappa shape index (κ3) is 7.22. The fraction of sp³-hybridized carbons (Fsp3) is 0.304. The minimum Gasteiger partial charge on any atom is -0.508 e. The van der Waals surface area contributed by atoms with Crippen LogP contribution in [0.25, 0.3) is 11.3 Å². The minimum atomic E-state index is -3.36. The first-order chi connectivity index (χ1) is 15.8. The number of aliphatic hydroxyl groups excluding tert-OH is 1. The number of rotatable bonds is 11. The molecule has 0 radical (unpaired) electrons. The highest BCUT2D eigenvalue weighted by Crippen LogP contribution is 2.22. The molecule has 3 rings (SSSR count). The lowest BCUT2D eigenvalue weighted by molar-refractivity contribution is 0.191. The van der Waals surface area contributed by atoms with Gasteiger partial charge in [-0.15, -0.1) is 0 Å². The molecular weight excluding hydrogens is 442 g/mol. The van der Waals surface area contributed by atoms with Crippen LogP contribution in [0.3, 0.4) is 0 Å². The molecular formula is C23H29N5O4S. The van der Waals surface area contributed by atoms with E-state index in [-0.39, 0.29) is 18.8 Å². The SMILES string of the molecule is CS(=O)(=O)N(CCCN)Cc1cccc(-c2ccnc(NC[C@H](O)c3cccc(O)c3)n2)c1. The molecule has 0 amide bonds. The van der Waals surface area contributed by atoms with Crippen LogP contribution in [0.15, 0.2) is 60.8 Å². The van der Waals surface area contributed by atoms with E-state index in [1.807, 2.05) is 24.3 Å². The first-order valence-electron chi connectivity index (χ1n) is 10.5. The summed E-state index contributed by atoms with van der Waals surface area (Å²) in [5.74, 6) is 0.431. The van der Waals surface area contributed by atoms with Crippen molar-refractivity contribution in [2.45, 2.75) is 19.1 Å². The van der Waals surface area contributed by atoms with E-state index in [9.17, 15) is 18.6 Å². The van der Waals surface area contributed by atoms with Gasteiger partial charge in [-0.2, -0.15) is 4.31 Å². The van der Waals surface area contributed by atoms with E-state index in [2.05, 4.69) is 15.3 Å². The average Bonchev–Trinajstić information content (AvgIpc) is 2.80. The molecule has 0 saturated heterocycles. The molecule has 10 heteroatoms. The summed E-state index contributed by atoms with van der Waals surface area (Å²) in [7, 11) is -3.36. The fourth-order valence-corrected chi connectivity index (χ4v) is 4.15. The van der Waals surface area contributed by atoms with E-state index in [0.717, 1.165) is 11.1 Å². The van der Waals surface area contributed by atoms with Crippen molar-refractivity contribution in [3.05, 3.63) is 71.9 Å². The zero-order chi connectivity index (χ0) is 23.8. The zero-order valence-electron chi connectivity index (χ0n) is 18.4. The molecule has 0 aliphatic heterocycles. The molecule has 0 spiro atoms. The summed E-state index contributed by atoms with van der Waals surface area (Å²) >= 11 is 0. The average molecular weight is 472 g/mol. The largest absolute Gasteiger partial charge is 0.508 e. The molecule has 1 aromatic heterocycles. The molecule has 0 fully saturated rings. The van der Waals surface area contributed by atoms with Gasteiger partial charge >= 0.3 is 0 Å². The van der Waals surface area contributed by atoms with Crippen molar-refractivity contribution in [1.29, 1.82) is 0 Å². The third-order valence-corrected chi connectivity index (χ3v) is 6.28. The van der Waals surface area contributed by atoms with Crippen LogP contribution in [0.1, 0.15) is 23.7 Å². The van der Waals surface area contributed by atoms with Crippen molar-refractivity contribution in [3.63, 3.8) is 0 Å². The minimum absolute atomic E-state index is 0.0853. The number of phenols is 1. The fourth-order valence-electron chi connectivity index (χ4n) is 3.30. The number of nitrogens with zero attached hydrogens (tertiary/aromatic N) is 3.